The molecular formula is C22H20N4O5. The van der Waals surface area contributed by atoms with Crippen LogP contribution in [0.2, 0.25) is 0 Å². The SMILES string of the molecule is CCN1C(=O)NC(=O)/C(=C/c2cn(CC(=O)NCc3ccco3)c3ccccc23)C1=O. The number of nitrogens with zero attached hydrogens (tertiary/aromatic N) is 2. The first kappa shape index (κ1) is 20.1. The molecule has 1 aliphatic heterocycles. The molecule has 1 fully saturated rings. The molecule has 5 amide bonds. The number of fused-ring (bicyclic) bond motifs is 1. The summed E-state index contributed by atoms with van der Waals surface area (Å²) in [5, 5.41) is 5.74. The van der Waals surface area contributed by atoms with Crippen LogP contribution in [0, 0.1) is 0 Å². The zero-order chi connectivity index (χ0) is 22.0. The quantitative estimate of drug-likeness (QED) is 0.468. The Bertz CT molecular complexity index is 1210. The number of para-hydroxylation sites is 1. The van der Waals surface area contributed by atoms with E-state index in [1.807, 2.05) is 24.3 Å². The second kappa shape index (κ2) is 8.31. The Labute approximate surface area is 177 Å². The third-order valence-corrected chi connectivity index (χ3v) is 4.98. The fourth-order valence-corrected chi connectivity index (χ4v) is 3.47. The molecule has 4 rings (SSSR count). The molecule has 158 valence electrons. The van der Waals surface area contributed by atoms with Gasteiger partial charge < -0.3 is 14.3 Å². The fraction of sp³-hybridized carbons (Fsp3) is 0.182. The van der Waals surface area contributed by atoms with Gasteiger partial charge in [-0.05, 0) is 31.2 Å². The van der Waals surface area contributed by atoms with E-state index in [1.54, 1.807) is 29.8 Å². The van der Waals surface area contributed by atoms with Crippen LogP contribution in [0.4, 0.5) is 4.79 Å². The van der Waals surface area contributed by atoms with Gasteiger partial charge in [0.05, 0.1) is 12.8 Å². The molecule has 0 radical (unpaired) electrons. The van der Waals surface area contributed by atoms with Crippen LogP contribution < -0.4 is 10.6 Å². The predicted octanol–water partition coefficient (Wildman–Crippen LogP) is 2.03. The molecule has 0 aliphatic carbocycles. The molecule has 3 heterocycles. The van der Waals surface area contributed by atoms with E-state index in [4.69, 9.17) is 4.42 Å². The van der Waals surface area contributed by atoms with E-state index in [0.717, 1.165) is 15.8 Å². The van der Waals surface area contributed by atoms with Gasteiger partial charge in [-0.2, -0.15) is 0 Å². The van der Waals surface area contributed by atoms with Crippen LogP contribution in [-0.4, -0.2) is 39.8 Å². The van der Waals surface area contributed by atoms with Crippen molar-refractivity contribution in [3.05, 3.63) is 65.8 Å². The summed E-state index contributed by atoms with van der Waals surface area (Å²) in [6.07, 6.45) is 4.69. The topological polar surface area (TPSA) is 114 Å². The molecule has 0 saturated carbocycles. The minimum absolute atomic E-state index is 0.0457. The van der Waals surface area contributed by atoms with Crippen molar-refractivity contribution in [2.45, 2.75) is 20.0 Å². The Kier molecular flexibility index (Phi) is 5.40. The summed E-state index contributed by atoms with van der Waals surface area (Å²) in [4.78, 5) is 50.1. The van der Waals surface area contributed by atoms with Crippen molar-refractivity contribution in [1.29, 1.82) is 0 Å². The molecule has 0 atom stereocenters. The number of benzene rings is 1. The maximum Gasteiger partial charge on any atom is 0.331 e. The van der Waals surface area contributed by atoms with E-state index in [1.165, 1.54) is 12.3 Å². The third kappa shape index (κ3) is 3.97. The number of hydrogen-bond donors (Lipinski definition) is 2. The van der Waals surface area contributed by atoms with Crippen LogP contribution in [-0.2, 0) is 27.5 Å². The third-order valence-electron chi connectivity index (χ3n) is 4.98. The van der Waals surface area contributed by atoms with E-state index < -0.39 is 17.8 Å². The lowest BCUT2D eigenvalue weighted by atomic mass is 10.1. The van der Waals surface area contributed by atoms with E-state index in [-0.39, 0.29) is 31.1 Å². The molecule has 3 aromatic rings. The van der Waals surface area contributed by atoms with Gasteiger partial charge in [-0.25, -0.2) is 4.79 Å². The summed E-state index contributed by atoms with van der Waals surface area (Å²) in [5.41, 5.74) is 1.24. The fourth-order valence-electron chi connectivity index (χ4n) is 3.47. The van der Waals surface area contributed by atoms with Crippen molar-refractivity contribution >= 4 is 40.7 Å². The Balaban J connectivity index is 1.63. The van der Waals surface area contributed by atoms with E-state index in [0.29, 0.717) is 11.3 Å². The smallest absolute Gasteiger partial charge is 0.331 e. The number of rotatable bonds is 6. The summed E-state index contributed by atoms with van der Waals surface area (Å²) in [7, 11) is 0. The minimum atomic E-state index is -0.743. The second-order valence-corrected chi connectivity index (χ2v) is 6.95. The number of barbiturate groups is 1. The van der Waals surface area contributed by atoms with Gasteiger partial charge in [-0.15, -0.1) is 0 Å². The Morgan fingerprint density at radius 3 is 2.71 bits per heavy atom. The number of hydrogen-bond acceptors (Lipinski definition) is 5. The number of likely N-dealkylation sites (N-methyl/N-ethyl adjacent to an activating group) is 1. The predicted molar refractivity (Wildman–Crippen MR) is 111 cm³/mol. The zero-order valence-corrected chi connectivity index (χ0v) is 16.8. The first-order valence-electron chi connectivity index (χ1n) is 9.73. The molecule has 2 N–H and O–H groups in total. The molecule has 0 unspecified atom stereocenters. The van der Waals surface area contributed by atoms with Crippen molar-refractivity contribution in [2.24, 2.45) is 0 Å². The lowest BCUT2D eigenvalue weighted by molar-refractivity contribution is -0.130. The zero-order valence-electron chi connectivity index (χ0n) is 16.8. The number of imide groups is 2. The van der Waals surface area contributed by atoms with E-state index >= 15 is 0 Å². The first-order valence-corrected chi connectivity index (χ1v) is 9.73. The van der Waals surface area contributed by atoms with Crippen molar-refractivity contribution in [3.8, 4) is 0 Å². The van der Waals surface area contributed by atoms with Crippen LogP contribution in [0.1, 0.15) is 18.2 Å². The minimum Gasteiger partial charge on any atom is -0.467 e. The maximum atomic E-state index is 12.6. The second-order valence-electron chi connectivity index (χ2n) is 6.95. The van der Waals surface area contributed by atoms with Crippen LogP contribution in [0.25, 0.3) is 17.0 Å². The molecule has 1 aromatic carbocycles. The number of aromatic nitrogens is 1. The van der Waals surface area contributed by atoms with E-state index in [2.05, 4.69) is 10.6 Å². The number of carbonyl (C=O) groups excluding carboxylic acids is 4. The number of furan rings is 1. The Hall–Kier alpha value is -4.14. The Morgan fingerprint density at radius 1 is 1.16 bits per heavy atom. The normalized spacial score (nSPS) is 15.6. The molecule has 31 heavy (non-hydrogen) atoms. The van der Waals surface area contributed by atoms with Crippen LogP contribution in [0.5, 0.6) is 0 Å². The lowest BCUT2D eigenvalue weighted by Crippen LogP contribution is -2.53. The van der Waals surface area contributed by atoms with Gasteiger partial charge in [0.1, 0.15) is 17.9 Å². The average molecular weight is 420 g/mol. The summed E-state index contributed by atoms with van der Waals surface area (Å²) in [5.74, 6) is -0.962. The van der Waals surface area contributed by atoms with Gasteiger partial charge in [0.2, 0.25) is 5.91 Å². The standard InChI is InChI=1S/C22H20N4O5/c1-2-26-21(29)17(20(28)24-22(26)30)10-14-12-25(18-8-4-3-7-16(14)18)13-19(27)23-11-15-6-5-9-31-15/h3-10,12H,2,11,13H2,1H3,(H,23,27)(H,24,28,30)/b17-10-. The van der Waals surface area contributed by atoms with E-state index in [9.17, 15) is 19.2 Å². The number of nitrogens with one attached hydrogen (secondary N) is 2. The summed E-state index contributed by atoms with van der Waals surface area (Å²) < 4.78 is 6.95. The molecule has 2 aromatic heterocycles. The van der Waals surface area contributed by atoms with Gasteiger partial charge >= 0.3 is 6.03 Å². The lowest BCUT2D eigenvalue weighted by Gasteiger charge is -2.24. The molecule has 9 heteroatoms. The summed E-state index contributed by atoms with van der Waals surface area (Å²) >= 11 is 0. The largest absolute Gasteiger partial charge is 0.467 e. The molecule has 0 spiro atoms. The van der Waals surface area contributed by atoms with Crippen molar-refractivity contribution in [1.82, 2.24) is 20.1 Å². The highest BCUT2D eigenvalue weighted by molar-refractivity contribution is 6.31. The highest BCUT2D eigenvalue weighted by atomic mass is 16.3. The highest BCUT2D eigenvalue weighted by Gasteiger charge is 2.34. The molecule has 9 nitrogen and oxygen atoms in total. The van der Waals surface area contributed by atoms with Crippen molar-refractivity contribution in [2.75, 3.05) is 6.54 Å². The summed E-state index contributed by atoms with van der Waals surface area (Å²) in [6, 6.07) is 10.1. The molecule has 1 aliphatic rings. The van der Waals surface area contributed by atoms with Crippen molar-refractivity contribution < 1.29 is 23.6 Å². The van der Waals surface area contributed by atoms with Crippen LogP contribution in [0.3, 0.4) is 0 Å². The monoisotopic (exact) mass is 420 g/mol. The summed E-state index contributed by atoms with van der Waals surface area (Å²) in [6.45, 7) is 2.12. The molecular weight excluding hydrogens is 400 g/mol. The number of urea groups is 1. The van der Waals surface area contributed by atoms with Gasteiger partial charge in [0.25, 0.3) is 11.8 Å². The van der Waals surface area contributed by atoms with Gasteiger partial charge in [-0.1, -0.05) is 18.2 Å². The molecule has 1 saturated heterocycles. The number of carbonyl (C=O) groups is 4. The van der Waals surface area contributed by atoms with Crippen molar-refractivity contribution in [3.63, 3.8) is 0 Å². The maximum absolute atomic E-state index is 12.6. The first-order chi connectivity index (χ1) is 15.0. The van der Waals surface area contributed by atoms with Gasteiger partial charge in [0.15, 0.2) is 0 Å². The Morgan fingerprint density at radius 2 is 1.97 bits per heavy atom. The van der Waals surface area contributed by atoms with Gasteiger partial charge in [0, 0.05) is 29.2 Å². The number of amides is 5. The van der Waals surface area contributed by atoms with Crippen LogP contribution in [0.15, 0.2) is 58.8 Å². The van der Waals surface area contributed by atoms with Crippen LogP contribution >= 0.6 is 0 Å². The molecule has 0 bridgehead atoms. The van der Waals surface area contributed by atoms with Gasteiger partial charge in [-0.3, -0.25) is 24.6 Å². The average Bonchev–Trinajstić information content (AvgIpc) is 3.38. The highest BCUT2D eigenvalue weighted by Crippen LogP contribution is 2.25.